The Kier molecular flexibility index (Phi) is 6.85. The van der Waals surface area contributed by atoms with Crippen LogP contribution in [0.1, 0.15) is 36.5 Å². The monoisotopic (exact) mass is 436 g/mol. The first-order valence-corrected chi connectivity index (χ1v) is 11.1. The fourth-order valence-electron chi connectivity index (χ4n) is 4.17. The number of ether oxygens (including phenoxy) is 1. The van der Waals surface area contributed by atoms with Crippen LogP contribution in [0, 0.1) is 5.82 Å². The van der Waals surface area contributed by atoms with Crippen LogP contribution in [-0.2, 0) is 7.05 Å². The molecule has 1 aromatic heterocycles. The number of hydrogen-bond donors (Lipinski definition) is 1. The van der Waals surface area contributed by atoms with E-state index in [1.807, 2.05) is 25.2 Å². The second-order valence-corrected chi connectivity index (χ2v) is 8.24. The first-order valence-electron chi connectivity index (χ1n) is 11.1. The standard InChI is InChI=1S/C25H29FN4O2/c1-18-6-3-4-13-30(18)14-15-32-24-10-9-21(17-22(24)23-11-12-27-29(23)2)28-25(31)19-7-5-8-20(26)16-19/h5,7-12,16-18H,3-4,6,13-15H2,1-2H3,(H,28,31). The molecule has 3 aromatic rings. The summed E-state index contributed by atoms with van der Waals surface area (Å²) in [4.78, 5) is 15.0. The number of carbonyl (C=O) groups excluding carboxylic acids is 1. The minimum Gasteiger partial charge on any atom is -0.492 e. The SMILES string of the molecule is CC1CCCCN1CCOc1ccc(NC(=O)c2cccc(F)c2)cc1-c1ccnn1C. The van der Waals surface area contributed by atoms with Crippen molar-refractivity contribution in [2.45, 2.75) is 32.2 Å². The number of aryl methyl sites for hydroxylation is 1. The zero-order valence-electron chi connectivity index (χ0n) is 18.6. The van der Waals surface area contributed by atoms with E-state index in [1.54, 1.807) is 23.0 Å². The highest BCUT2D eigenvalue weighted by Gasteiger charge is 2.18. The molecule has 1 aliphatic heterocycles. The number of benzene rings is 2. The number of nitrogens with one attached hydrogen (secondary N) is 1. The summed E-state index contributed by atoms with van der Waals surface area (Å²) in [7, 11) is 1.87. The lowest BCUT2D eigenvalue weighted by Crippen LogP contribution is -2.39. The van der Waals surface area contributed by atoms with Gasteiger partial charge in [-0.05, 0) is 68.8 Å². The quantitative estimate of drug-likeness (QED) is 0.582. The summed E-state index contributed by atoms with van der Waals surface area (Å²) in [6, 6.07) is 13.7. The lowest BCUT2D eigenvalue weighted by Gasteiger charge is -2.33. The second-order valence-electron chi connectivity index (χ2n) is 8.24. The van der Waals surface area contributed by atoms with Crippen LogP contribution in [-0.4, -0.2) is 46.3 Å². The Morgan fingerprint density at radius 2 is 2.09 bits per heavy atom. The maximum atomic E-state index is 13.5. The number of rotatable bonds is 7. The van der Waals surface area contributed by atoms with Crippen LogP contribution in [0.2, 0.25) is 0 Å². The zero-order chi connectivity index (χ0) is 22.5. The van der Waals surface area contributed by atoms with E-state index in [9.17, 15) is 9.18 Å². The van der Waals surface area contributed by atoms with Crippen LogP contribution < -0.4 is 10.1 Å². The van der Waals surface area contributed by atoms with E-state index >= 15 is 0 Å². The van der Waals surface area contributed by atoms with Crippen molar-refractivity contribution in [2.24, 2.45) is 7.05 Å². The molecule has 0 spiro atoms. The summed E-state index contributed by atoms with van der Waals surface area (Å²) >= 11 is 0. The fraction of sp³-hybridized carbons (Fsp3) is 0.360. The summed E-state index contributed by atoms with van der Waals surface area (Å²) in [5.41, 5.74) is 2.59. The summed E-state index contributed by atoms with van der Waals surface area (Å²) in [5, 5.41) is 7.12. The van der Waals surface area contributed by atoms with Gasteiger partial charge in [-0.25, -0.2) is 4.39 Å². The van der Waals surface area contributed by atoms with Crippen molar-refractivity contribution in [3.8, 4) is 17.0 Å². The number of anilines is 1. The van der Waals surface area contributed by atoms with Crippen molar-refractivity contribution in [3.05, 3.63) is 66.1 Å². The molecular formula is C25H29FN4O2. The second kappa shape index (κ2) is 9.96. The van der Waals surface area contributed by atoms with Crippen LogP contribution in [0.5, 0.6) is 5.75 Å². The molecule has 0 saturated carbocycles. The average Bonchev–Trinajstić information content (AvgIpc) is 3.21. The van der Waals surface area contributed by atoms with E-state index in [-0.39, 0.29) is 11.5 Å². The normalized spacial score (nSPS) is 16.7. The third-order valence-corrected chi connectivity index (χ3v) is 6.00. The average molecular weight is 437 g/mol. The van der Waals surface area contributed by atoms with Gasteiger partial charge >= 0.3 is 0 Å². The van der Waals surface area contributed by atoms with Gasteiger partial charge in [0.25, 0.3) is 5.91 Å². The van der Waals surface area contributed by atoms with Crippen molar-refractivity contribution < 1.29 is 13.9 Å². The summed E-state index contributed by atoms with van der Waals surface area (Å²) in [6.07, 6.45) is 5.50. The number of nitrogens with zero attached hydrogens (tertiary/aromatic N) is 3. The smallest absolute Gasteiger partial charge is 0.255 e. The molecule has 2 aromatic carbocycles. The van der Waals surface area contributed by atoms with Crippen molar-refractivity contribution >= 4 is 11.6 Å². The maximum absolute atomic E-state index is 13.5. The van der Waals surface area contributed by atoms with Crippen molar-refractivity contribution in [1.82, 2.24) is 14.7 Å². The van der Waals surface area contributed by atoms with Crippen LogP contribution in [0.15, 0.2) is 54.7 Å². The van der Waals surface area contributed by atoms with Gasteiger partial charge in [-0.2, -0.15) is 5.10 Å². The van der Waals surface area contributed by atoms with Gasteiger partial charge in [0.1, 0.15) is 18.2 Å². The Bertz CT molecular complexity index is 1080. The Hall–Kier alpha value is -3.19. The number of piperidine rings is 1. The third-order valence-electron chi connectivity index (χ3n) is 6.00. The van der Waals surface area contributed by atoms with E-state index in [0.29, 0.717) is 18.3 Å². The van der Waals surface area contributed by atoms with E-state index < -0.39 is 5.82 Å². The molecule has 32 heavy (non-hydrogen) atoms. The van der Waals surface area contributed by atoms with Gasteiger partial charge in [0, 0.05) is 42.6 Å². The molecular weight excluding hydrogens is 407 g/mol. The highest BCUT2D eigenvalue weighted by molar-refractivity contribution is 6.04. The van der Waals surface area contributed by atoms with Gasteiger partial charge in [-0.3, -0.25) is 14.4 Å². The Balaban J connectivity index is 1.51. The van der Waals surface area contributed by atoms with Gasteiger partial charge in [0.2, 0.25) is 0 Å². The third kappa shape index (κ3) is 5.16. The molecule has 1 fully saturated rings. The highest BCUT2D eigenvalue weighted by Crippen LogP contribution is 2.33. The van der Waals surface area contributed by atoms with Crippen LogP contribution >= 0.6 is 0 Å². The first-order chi connectivity index (χ1) is 15.5. The minimum atomic E-state index is -0.444. The van der Waals surface area contributed by atoms with Gasteiger partial charge < -0.3 is 10.1 Å². The molecule has 1 saturated heterocycles. The fourth-order valence-corrected chi connectivity index (χ4v) is 4.17. The number of likely N-dealkylation sites (tertiary alicyclic amines) is 1. The summed E-state index contributed by atoms with van der Waals surface area (Å²) in [6.45, 7) is 4.86. The minimum absolute atomic E-state index is 0.267. The lowest BCUT2D eigenvalue weighted by atomic mass is 10.0. The predicted molar refractivity (Wildman–Crippen MR) is 123 cm³/mol. The number of hydrogen-bond acceptors (Lipinski definition) is 4. The molecule has 1 N–H and O–H groups in total. The molecule has 6 nitrogen and oxygen atoms in total. The molecule has 0 radical (unpaired) electrons. The van der Waals surface area contributed by atoms with Gasteiger partial charge in [-0.1, -0.05) is 12.5 Å². The van der Waals surface area contributed by atoms with E-state index in [2.05, 4.69) is 22.2 Å². The molecule has 0 bridgehead atoms. The molecule has 1 atom stereocenters. The highest BCUT2D eigenvalue weighted by atomic mass is 19.1. The van der Waals surface area contributed by atoms with Crippen LogP contribution in [0.25, 0.3) is 11.3 Å². The molecule has 0 aliphatic carbocycles. The van der Waals surface area contributed by atoms with Crippen molar-refractivity contribution in [2.75, 3.05) is 25.0 Å². The van der Waals surface area contributed by atoms with Crippen molar-refractivity contribution in [1.29, 1.82) is 0 Å². The molecule has 2 heterocycles. The number of amides is 1. The Morgan fingerprint density at radius 1 is 1.22 bits per heavy atom. The lowest BCUT2D eigenvalue weighted by molar-refractivity contribution is 0.102. The van der Waals surface area contributed by atoms with Crippen molar-refractivity contribution in [3.63, 3.8) is 0 Å². The molecule has 1 amide bonds. The van der Waals surface area contributed by atoms with Crippen LogP contribution in [0.3, 0.4) is 0 Å². The molecule has 1 unspecified atom stereocenters. The van der Waals surface area contributed by atoms with E-state index in [0.717, 1.165) is 30.1 Å². The topological polar surface area (TPSA) is 59.4 Å². The maximum Gasteiger partial charge on any atom is 0.255 e. The van der Waals surface area contributed by atoms with Crippen LogP contribution in [0.4, 0.5) is 10.1 Å². The predicted octanol–water partition coefficient (Wildman–Crippen LogP) is 4.73. The summed E-state index contributed by atoms with van der Waals surface area (Å²) < 4.78 is 21.4. The first kappa shape index (κ1) is 22.0. The zero-order valence-corrected chi connectivity index (χ0v) is 18.6. The van der Waals surface area contributed by atoms with Gasteiger partial charge in [-0.15, -0.1) is 0 Å². The largest absolute Gasteiger partial charge is 0.492 e. The summed E-state index contributed by atoms with van der Waals surface area (Å²) in [5.74, 6) is -0.0739. The molecule has 7 heteroatoms. The molecule has 1 aliphatic rings. The number of carbonyl (C=O) groups is 1. The van der Waals surface area contributed by atoms with Gasteiger partial charge in [0.05, 0.1) is 5.69 Å². The Morgan fingerprint density at radius 3 is 2.84 bits per heavy atom. The molecule has 168 valence electrons. The number of halogens is 1. The molecule has 4 rings (SSSR count). The number of aromatic nitrogens is 2. The Labute approximate surface area is 188 Å². The van der Waals surface area contributed by atoms with E-state index in [4.69, 9.17) is 4.74 Å². The van der Waals surface area contributed by atoms with E-state index in [1.165, 1.54) is 37.5 Å². The van der Waals surface area contributed by atoms with Gasteiger partial charge in [0.15, 0.2) is 0 Å².